The van der Waals surface area contributed by atoms with E-state index >= 15 is 0 Å². The van der Waals surface area contributed by atoms with Crippen molar-refractivity contribution in [2.75, 3.05) is 0 Å². The molecule has 7 heteroatoms. The number of hydrazone groups is 1. The maximum Gasteiger partial charge on any atom is 0.344 e. The molecule has 2 rings (SSSR count). The maximum atomic E-state index is 11.5. The number of furan rings is 1. The molecule has 0 radical (unpaired) electrons. The average molecular weight is 302 g/mol. The maximum absolute atomic E-state index is 11.5. The number of ether oxygens (including phenoxy) is 1. The first-order valence-corrected chi connectivity index (χ1v) is 6.42. The topological polar surface area (TPSA) is 101 Å². The van der Waals surface area contributed by atoms with E-state index in [-0.39, 0.29) is 5.76 Å². The highest BCUT2D eigenvalue weighted by molar-refractivity contribution is 5.92. The lowest BCUT2D eigenvalue weighted by Gasteiger charge is -2.09. The van der Waals surface area contributed by atoms with Crippen LogP contribution in [-0.4, -0.2) is 29.3 Å². The summed E-state index contributed by atoms with van der Waals surface area (Å²) in [6.45, 7) is 1.45. The van der Waals surface area contributed by atoms with Gasteiger partial charge in [0.1, 0.15) is 5.75 Å². The van der Waals surface area contributed by atoms with Gasteiger partial charge in [-0.1, -0.05) is 0 Å². The Morgan fingerprint density at radius 1 is 1.32 bits per heavy atom. The minimum atomic E-state index is -1.04. The first-order valence-electron chi connectivity index (χ1n) is 6.42. The molecule has 1 heterocycles. The van der Waals surface area contributed by atoms with E-state index in [2.05, 4.69) is 10.5 Å². The van der Waals surface area contributed by atoms with Crippen molar-refractivity contribution in [3.8, 4) is 5.75 Å². The van der Waals surface area contributed by atoms with Gasteiger partial charge in [0, 0.05) is 0 Å². The number of hydrogen-bond acceptors (Lipinski definition) is 5. The summed E-state index contributed by atoms with van der Waals surface area (Å²) in [5.41, 5.74) is 3.04. The normalized spacial score (nSPS) is 12.0. The number of carbonyl (C=O) groups is 2. The molecule has 0 aliphatic carbocycles. The smallest absolute Gasteiger partial charge is 0.344 e. The van der Waals surface area contributed by atoms with Crippen LogP contribution in [0.2, 0.25) is 0 Å². The van der Waals surface area contributed by atoms with Gasteiger partial charge in [-0.05, 0) is 48.9 Å². The number of carboxylic acids is 1. The van der Waals surface area contributed by atoms with Crippen LogP contribution in [-0.2, 0) is 4.79 Å². The molecular weight excluding hydrogens is 288 g/mol. The summed E-state index contributed by atoms with van der Waals surface area (Å²) in [7, 11) is 0. The fourth-order valence-corrected chi connectivity index (χ4v) is 1.52. The van der Waals surface area contributed by atoms with Crippen LogP contribution in [0.15, 0.2) is 52.2 Å². The van der Waals surface area contributed by atoms with E-state index < -0.39 is 18.0 Å². The fourth-order valence-electron chi connectivity index (χ4n) is 1.52. The van der Waals surface area contributed by atoms with Crippen LogP contribution >= 0.6 is 0 Å². The standard InChI is InChI=1S/C15H14N2O5/c1-10(15(19)20)22-12-6-4-11(5-7-12)9-16-17-14(18)13-3-2-8-21-13/h2-10H,1H3,(H,17,18)(H,19,20)/b16-9+/t10-/m0/s1. The summed E-state index contributed by atoms with van der Waals surface area (Å²) in [5, 5.41) is 12.5. The molecule has 1 amide bonds. The van der Waals surface area contributed by atoms with Gasteiger partial charge in [0.2, 0.25) is 0 Å². The van der Waals surface area contributed by atoms with E-state index in [1.54, 1.807) is 30.3 Å². The van der Waals surface area contributed by atoms with E-state index in [9.17, 15) is 9.59 Å². The predicted molar refractivity (Wildman–Crippen MR) is 77.9 cm³/mol. The lowest BCUT2D eigenvalue weighted by molar-refractivity contribution is -0.144. The van der Waals surface area contributed by atoms with Gasteiger partial charge in [0.05, 0.1) is 12.5 Å². The van der Waals surface area contributed by atoms with Gasteiger partial charge >= 0.3 is 11.9 Å². The molecule has 2 N–H and O–H groups in total. The Kier molecular flexibility index (Phi) is 4.92. The van der Waals surface area contributed by atoms with E-state index in [0.717, 1.165) is 5.56 Å². The van der Waals surface area contributed by atoms with Gasteiger partial charge in [-0.3, -0.25) is 4.79 Å². The van der Waals surface area contributed by atoms with E-state index in [1.165, 1.54) is 25.5 Å². The number of carboxylic acid groups (broad SMARTS) is 1. The number of amides is 1. The van der Waals surface area contributed by atoms with Crippen molar-refractivity contribution in [3.63, 3.8) is 0 Å². The molecule has 0 unspecified atom stereocenters. The van der Waals surface area contributed by atoms with Crippen LogP contribution in [0.1, 0.15) is 23.0 Å². The average Bonchev–Trinajstić information content (AvgIpc) is 3.03. The molecule has 0 bridgehead atoms. The lowest BCUT2D eigenvalue weighted by Crippen LogP contribution is -2.22. The summed E-state index contributed by atoms with van der Waals surface area (Å²) in [4.78, 5) is 22.2. The second-order valence-electron chi connectivity index (χ2n) is 4.34. The Bertz CT molecular complexity index is 662. The highest BCUT2D eigenvalue weighted by atomic mass is 16.5. The van der Waals surface area contributed by atoms with Crippen LogP contribution in [0.5, 0.6) is 5.75 Å². The molecule has 1 atom stereocenters. The molecule has 22 heavy (non-hydrogen) atoms. The van der Waals surface area contributed by atoms with Crippen molar-refractivity contribution in [1.82, 2.24) is 5.43 Å². The lowest BCUT2D eigenvalue weighted by atomic mass is 10.2. The molecule has 1 aromatic heterocycles. The Morgan fingerprint density at radius 3 is 2.64 bits per heavy atom. The van der Waals surface area contributed by atoms with Crippen molar-refractivity contribution < 1.29 is 23.8 Å². The molecule has 7 nitrogen and oxygen atoms in total. The molecule has 2 aromatic rings. The number of hydrogen-bond donors (Lipinski definition) is 2. The highest BCUT2D eigenvalue weighted by Crippen LogP contribution is 2.13. The predicted octanol–water partition coefficient (Wildman–Crippen LogP) is 1.90. The highest BCUT2D eigenvalue weighted by Gasteiger charge is 2.11. The van der Waals surface area contributed by atoms with Crippen LogP contribution < -0.4 is 10.2 Å². The first-order chi connectivity index (χ1) is 10.6. The molecule has 0 aliphatic heterocycles. The fraction of sp³-hybridized carbons (Fsp3) is 0.133. The molecule has 0 saturated heterocycles. The summed E-state index contributed by atoms with van der Waals surface area (Å²) >= 11 is 0. The number of benzene rings is 1. The first kappa shape index (κ1) is 15.3. The Balaban J connectivity index is 1.89. The number of nitrogens with zero attached hydrogens (tertiary/aromatic N) is 1. The van der Waals surface area contributed by atoms with Crippen molar-refractivity contribution in [1.29, 1.82) is 0 Å². The van der Waals surface area contributed by atoms with Gasteiger partial charge < -0.3 is 14.3 Å². The second-order valence-corrected chi connectivity index (χ2v) is 4.34. The molecule has 114 valence electrons. The minimum absolute atomic E-state index is 0.170. The third-order valence-corrected chi connectivity index (χ3v) is 2.67. The van der Waals surface area contributed by atoms with Crippen molar-refractivity contribution in [2.24, 2.45) is 5.10 Å². The zero-order valence-electron chi connectivity index (χ0n) is 11.7. The third-order valence-electron chi connectivity index (χ3n) is 2.67. The van der Waals surface area contributed by atoms with Gasteiger partial charge in [-0.2, -0.15) is 5.10 Å². The molecule has 0 spiro atoms. The summed E-state index contributed by atoms with van der Waals surface area (Å²) in [6, 6.07) is 9.75. The third kappa shape index (κ3) is 4.20. The molecular formula is C15H14N2O5. The molecule has 0 aliphatic rings. The largest absolute Gasteiger partial charge is 0.479 e. The van der Waals surface area contributed by atoms with E-state index in [0.29, 0.717) is 5.75 Å². The number of carbonyl (C=O) groups excluding carboxylic acids is 1. The number of nitrogens with one attached hydrogen (secondary N) is 1. The number of aliphatic carboxylic acids is 1. The minimum Gasteiger partial charge on any atom is -0.479 e. The monoisotopic (exact) mass is 302 g/mol. The van der Waals surface area contributed by atoms with Gasteiger partial charge in [0.15, 0.2) is 11.9 Å². The van der Waals surface area contributed by atoms with E-state index in [1.807, 2.05) is 0 Å². The summed E-state index contributed by atoms with van der Waals surface area (Å²) in [5.74, 6) is -0.877. The Morgan fingerprint density at radius 2 is 2.05 bits per heavy atom. The Hall–Kier alpha value is -3.09. The summed E-state index contributed by atoms with van der Waals surface area (Å²) < 4.78 is 10.1. The zero-order chi connectivity index (χ0) is 15.9. The van der Waals surface area contributed by atoms with Crippen LogP contribution in [0.3, 0.4) is 0 Å². The van der Waals surface area contributed by atoms with Crippen molar-refractivity contribution in [2.45, 2.75) is 13.0 Å². The SMILES string of the molecule is C[C@H](Oc1ccc(/C=N/NC(=O)c2ccco2)cc1)C(=O)O. The van der Waals surface area contributed by atoms with E-state index in [4.69, 9.17) is 14.3 Å². The van der Waals surface area contributed by atoms with Crippen molar-refractivity contribution in [3.05, 3.63) is 54.0 Å². The Labute approximate surface area is 126 Å². The molecule has 0 fully saturated rings. The van der Waals surface area contributed by atoms with Crippen LogP contribution in [0.25, 0.3) is 0 Å². The quantitative estimate of drug-likeness (QED) is 0.627. The van der Waals surface area contributed by atoms with Gasteiger partial charge in [0.25, 0.3) is 0 Å². The molecule has 1 aromatic carbocycles. The van der Waals surface area contributed by atoms with Crippen LogP contribution in [0, 0.1) is 0 Å². The van der Waals surface area contributed by atoms with Gasteiger partial charge in [-0.25, -0.2) is 10.2 Å². The van der Waals surface area contributed by atoms with Crippen LogP contribution in [0.4, 0.5) is 0 Å². The van der Waals surface area contributed by atoms with Crippen molar-refractivity contribution >= 4 is 18.1 Å². The zero-order valence-corrected chi connectivity index (χ0v) is 11.7. The number of rotatable bonds is 6. The second kappa shape index (κ2) is 7.07. The molecule has 0 saturated carbocycles. The van der Waals surface area contributed by atoms with Gasteiger partial charge in [-0.15, -0.1) is 0 Å². The summed E-state index contributed by atoms with van der Waals surface area (Å²) in [6.07, 6.45) is 1.92.